The normalized spacial score (nSPS) is 17.5. The fourth-order valence-electron chi connectivity index (χ4n) is 4.97. The molecule has 2 aromatic heterocycles. The topological polar surface area (TPSA) is 40.6 Å². The second-order valence-electron chi connectivity index (χ2n) is 10.9. The number of rotatable bonds is 17. The summed E-state index contributed by atoms with van der Waals surface area (Å²) in [5.41, 5.74) is 0. The van der Waals surface area contributed by atoms with Gasteiger partial charge in [-0.2, -0.15) is 0 Å². The molecule has 0 atom stereocenters. The highest BCUT2D eigenvalue weighted by Gasteiger charge is 2.33. The minimum Gasteiger partial charge on any atom is -0.293 e. The van der Waals surface area contributed by atoms with Crippen molar-refractivity contribution in [1.29, 1.82) is 0 Å². The summed E-state index contributed by atoms with van der Waals surface area (Å²) in [6.07, 6.45) is 16.7. The maximum Gasteiger partial charge on any atom is 0.266 e. The van der Waals surface area contributed by atoms with Crippen molar-refractivity contribution in [2.24, 2.45) is 0 Å². The second-order valence-corrected chi connectivity index (χ2v) is 16.4. The summed E-state index contributed by atoms with van der Waals surface area (Å²) in [5.74, 6) is -1.44. The number of amides is 2. The molecule has 2 aliphatic heterocycles. The lowest BCUT2D eigenvalue weighted by Gasteiger charge is -2.13. The summed E-state index contributed by atoms with van der Waals surface area (Å²) >= 11 is 15.5. The van der Waals surface area contributed by atoms with Gasteiger partial charge in [0.25, 0.3) is 11.8 Å². The van der Waals surface area contributed by atoms with Gasteiger partial charge in [-0.1, -0.05) is 126 Å². The Kier molecular flexibility index (Phi) is 14.1. The van der Waals surface area contributed by atoms with E-state index in [0.29, 0.717) is 41.3 Å². The number of halogens is 2. The zero-order chi connectivity index (χ0) is 31.6. The molecule has 0 N–H and O–H groups in total. The van der Waals surface area contributed by atoms with Gasteiger partial charge in [-0.3, -0.25) is 19.4 Å². The van der Waals surface area contributed by atoms with Crippen molar-refractivity contribution in [3.63, 3.8) is 0 Å². The number of carbonyl (C=O) groups excluding carboxylic acids is 2. The highest BCUT2D eigenvalue weighted by Crippen LogP contribution is 2.42. The number of thiophene rings is 2. The molecule has 2 saturated heterocycles. The summed E-state index contributed by atoms with van der Waals surface area (Å²) in [7, 11) is 0. The van der Waals surface area contributed by atoms with Crippen molar-refractivity contribution in [2.45, 2.75) is 90.9 Å². The van der Waals surface area contributed by atoms with Crippen molar-refractivity contribution < 1.29 is 18.4 Å². The number of thioether (sulfide) groups is 2. The van der Waals surface area contributed by atoms with Gasteiger partial charge in [-0.25, -0.2) is 8.78 Å². The summed E-state index contributed by atoms with van der Waals surface area (Å²) in [4.78, 5) is 31.5. The van der Waals surface area contributed by atoms with E-state index < -0.39 is 11.6 Å². The third kappa shape index (κ3) is 9.31. The Morgan fingerprint density at radius 2 is 1.00 bits per heavy atom. The molecule has 12 heteroatoms. The van der Waals surface area contributed by atoms with Gasteiger partial charge in [0, 0.05) is 22.8 Å². The molecule has 0 radical (unpaired) electrons. The van der Waals surface area contributed by atoms with Gasteiger partial charge in [0.05, 0.1) is 19.6 Å². The molecule has 0 bridgehead atoms. The van der Waals surface area contributed by atoms with Gasteiger partial charge in [-0.15, -0.1) is 22.7 Å². The smallest absolute Gasteiger partial charge is 0.266 e. The fraction of sp³-hybridized carbons (Fsp3) is 0.500. The molecular formula is C32H38F2N2O2S6. The number of carbonyl (C=O) groups is 2. The number of thiocarbonyl (C=S) groups is 2. The molecular weight excluding hydrogens is 675 g/mol. The van der Waals surface area contributed by atoms with Crippen LogP contribution in [0.5, 0.6) is 0 Å². The van der Waals surface area contributed by atoms with E-state index >= 15 is 8.78 Å². The van der Waals surface area contributed by atoms with Crippen LogP contribution in [0.15, 0.2) is 21.9 Å². The van der Waals surface area contributed by atoms with Crippen LogP contribution in [0.1, 0.15) is 101 Å². The molecule has 238 valence electrons. The molecule has 4 nitrogen and oxygen atoms in total. The third-order valence-electron chi connectivity index (χ3n) is 7.38. The zero-order valence-corrected chi connectivity index (χ0v) is 30.0. The molecule has 2 aliphatic rings. The Morgan fingerprint density at radius 3 is 1.39 bits per heavy atom. The predicted molar refractivity (Wildman–Crippen MR) is 194 cm³/mol. The van der Waals surface area contributed by atoms with E-state index in [-0.39, 0.29) is 21.6 Å². The zero-order valence-electron chi connectivity index (χ0n) is 25.1. The van der Waals surface area contributed by atoms with Crippen molar-refractivity contribution in [1.82, 2.24) is 9.80 Å². The van der Waals surface area contributed by atoms with E-state index in [0.717, 1.165) is 61.2 Å². The molecule has 2 aromatic rings. The lowest BCUT2D eigenvalue weighted by atomic mass is 10.1. The quantitative estimate of drug-likeness (QED) is 0.0924. The predicted octanol–water partition coefficient (Wildman–Crippen LogP) is 10.9. The van der Waals surface area contributed by atoms with Crippen molar-refractivity contribution in [3.8, 4) is 9.75 Å². The monoisotopic (exact) mass is 712 g/mol. The second kappa shape index (κ2) is 17.5. The Bertz CT molecular complexity index is 1320. The fourth-order valence-corrected chi connectivity index (χ4v) is 9.81. The first kappa shape index (κ1) is 35.4. The molecule has 0 unspecified atom stereocenters. The minimum atomic E-state index is -0.554. The van der Waals surface area contributed by atoms with Crippen LogP contribution in [0, 0.1) is 11.6 Å². The standard InChI is InChI=1S/C32H38F2N2O2S6/c1-3-5-7-9-11-13-15-35-29(37)25(43-31(35)39)19-21-17-23(33)27(41-21)28-24(34)18-22(42-28)20-26-30(38)36(32(40)44-26)16-14-12-10-8-6-4-2/h17-20H,3-16H2,1-2H3/b25-19-,26-20-. The molecule has 0 aromatic carbocycles. The van der Waals surface area contributed by atoms with Gasteiger partial charge < -0.3 is 0 Å². The maximum atomic E-state index is 15.1. The third-order valence-corrected chi connectivity index (χ3v) is 12.4. The number of hydrogen-bond acceptors (Lipinski definition) is 8. The lowest BCUT2D eigenvalue weighted by Crippen LogP contribution is -2.28. The number of hydrogen-bond donors (Lipinski definition) is 0. The molecule has 2 fully saturated rings. The molecule has 0 aliphatic carbocycles. The van der Waals surface area contributed by atoms with E-state index in [1.807, 2.05) is 0 Å². The van der Waals surface area contributed by atoms with Crippen LogP contribution in [0.2, 0.25) is 0 Å². The Hall–Kier alpha value is -1.44. The van der Waals surface area contributed by atoms with Gasteiger partial charge in [0.1, 0.15) is 20.3 Å². The first-order chi connectivity index (χ1) is 21.2. The molecule has 4 rings (SSSR count). The lowest BCUT2D eigenvalue weighted by molar-refractivity contribution is -0.123. The van der Waals surface area contributed by atoms with Crippen molar-refractivity contribution in [3.05, 3.63) is 43.3 Å². The highest BCUT2D eigenvalue weighted by molar-refractivity contribution is 8.27. The van der Waals surface area contributed by atoms with Crippen LogP contribution >= 0.6 is 70.6 Å². The van der Waals surface area contributed by atoms with Crippen LogP contribution in [-0.4, -0.2) is 43.3 Å². The maximum absolute atomic E-state index is 15.1. The minimum absolute atomic E-state index is 0.163. The SMILES string of the molecule is CCCCCCCCN1C(=O)/C(=C/c2cc(F)c(-c3sc(/C=C4\SC(=S)N(CCCCCCCC)C4=O)cc3F)s2)SC1=S. The van der Waals surface area contributed by atoms with E-state index in [4.69, 9.17) is 24.4 Å². The van der Waals surface area contributed by atoms with E-state index in [9.17, 15) is 9.59 Å². The molecule has 2 amide bonds. The van der Waals surface area contributed by atoms with Crippen molar-refractivity contribution >= 4 is 103 Å². The first-order valence-electron chi connectivity index (χ1n) is 15.3. The van der Waals surface area contributed by atoms with Crippen LogP contribution in [-0.2, 0) is 9.59 Å². The van der Waals surface area contributed by atoms with E-state index in [2.05, 4.69) is 13.8 Å². The Balaban J connectivity index is 1.39. The van der Waals surface area contributed by atoms with E-state index in [1.54, 1.807) is 22.0 Å². The molecule has 0 saturated carbocycles. The Morgan fingerprint density at radius 1 is 0.636 bits per heavy atom. The van der Waals surface area contributed by atoms with Crippen LogP contribution < -0.4 is 0 Å². The highest BCUT2D eigenvalue weighted by atomic mass is 32.2. The Labute approximate surface area is 286 Å². The van der Waals surface area contributed by atoms with Gasteiger partial charge >= 0.3 is 0 Å². The van der Waals surface area contributed by atoms with E-state index in [1.165, 1.54) is 74.2 Å². The van der Waals surface area contributed by atoms with Gasteiger partial charge in [-0.05, 0) is 37.1 Å². The van der Waals surface area contributed by atoms with Gasteiger partial charge in [0.15, 0.2) is 0 Å². The summed E-state index contributed by atoms with van der Waals surface area (Å²) in [6, 6.07) is 2.65. The van der Waals surface area contributed by atoms with Crippen LogP contribution in [0.25, 0.3) is 21.9 Å². The summed E-state index contributed by atoms with van der Waals surface area (Å²) in [5, 5.41) is 0. The summed E-state index contributed by atoms with van der Waals surface area (Å²) in [6.45, 7) is 5.53. The average molecular weight is 713 g/mol. The average Bonchev–Trinajstić information content (AvgIpc) is 3.69. The van der Waals surface area contributed by atoms with Crippen LogP contribution in [0.3, 0.4) is 0 Å². The molecule has 4 heterocycles. The number of unbranched alkanes of at least 4 members (excludes halogenated alkanes) is 10. The summed E-state index contributed by atoms with van der Waals surface area (Å²) < 4.78 is 31.2. The largest absolute Gasteiger partial charge is 0.293 e. The number of nitrogens with zero attached hydrogens (tertiary/aromatic N) is 2. The van der Waals surface area contributed by atoms with Gasteiger partial charge in [0.2, 0.25) is 0 Å². The first-order valence-corrected chi connectivity index (χ1v) is 19.4. The van der Waals surface area contributed by atoms with Crippen LogP contribution in [0.4, 0.5) is 8.78 Å². The molecule has 0 spiro atoms. The van der Waals surface area contributed by atoms with Crippen molar-refractivity contribution in [2.75, 3.05) is 13.1 Å². The molecule has 44 heavy (non-hydrogen) atoms.